The minimum Gasteiger partial charge on any atom is -0.468 e. The number of carbonyl (C=O) groups excluding carboxylic acids is 3. The highest BCUT2D eigenvalue weighted by Crippen LogP contribution is 2.49. The normalized spacial score (nSPS) is 26.5. The lowest BCUT2D eigenvalue weighted by molar-refractivity contribution is -0.158. The molecule has 0 heterocycles. The first-order chi connectivity index (χ1) is 11.5. The van der Waals surface area contributed by atoms with E-state index in [-0.39, 0.29) is 0 Å². The van der Waals surface area contributed by atoms with Crippen LogP contribution < -0.4 is 0 Å². The molecule has 0 fully saturated rings. The molecule has 0 aromatic heterocycles. The van der Waals surface area contributed by atoms with E-state index in [1.807, 2.05) is 12.1 Å². The van der Waals surface area contributed by atoms with E-state index in [9.17, 15) is 14.4 Å². The highest BCUT2D eigenvalue weighted by Gasteiger charge is 2.57. The van der Waals surface area contributed by atoms with E-state index in [4.69, 9.17) is 14.2 Å². The van der Waals surface area contributed by atoms with E-state index in [1.54, 1.807) is 18.2 Å². The van der Waals surface area contributed by atoms with Gasteiger partial charge in [0.1, 0.15) is 17.4 Å². The Balaban J connectivity index is 2.22. The summed E-state index contributed by atoms with van der Waals surface area (Å²) in [5, 5.41) is 0. The van der Waals surface area contributed by atoms with Gasteiger partial charge in [0.15, 0.2) is 0 Å². The van der Waals surface area contributed by atoms with Crippen molar-refractivity contribution in [3.05, 3.63) is 47.0 Å². The lowest BCUT2D eigenvalue weighted by Crippen LogP contribution is -2.47. The van der Waals surface area contributed by atoms with Gasteiger partial charge in [0.25, 0.3) is 0 Å². The maximum atomic E-state index is 12.7. The molecule has 1 aromatic rings. The van der Waals surface area contributed by atoms with Crippen molar-refractivity contribution in [3.8, 4) is 0 Å². The molecule has 0 spiro atoms. The smallest absolute Gasteiger partial charge is 0.324 e. The van der Waals surface area contributed by atoms with Gasteiger partial charge in [0.05, 0.1) is 14.2 Å². The Morgan fingerprint density at radius 1 is 1.17 bits per heavy atom. The Kier molecular flexibility index (Phi) is 3.91. The van der Waals surface area contributed by atoms with Crippen LogP contribution in [0.2, 0.25) is 0 Å². The molecule has 0 bridgehead atoms. The topological polar surface area (TPSA) is 78.9 Å². The zero-order chi connectivity index (χ0) is 17.5. The van der Waals surface area contributed by atoms with Crippen molar-refractivity contribution in [2.75, 3.05) is 14.2 Å². The maximum absolute atomic E-state index is 12.7. The second kappa shape index (κ2) is 5.78. The van der Waals surface area contributed by atoms with Gasteiger partial charge in [-0.3, -0.25) is 14.4 Å². The average molecular weight is 330 g/mol. The summed E-state index contributed by atoms with van der Waals surface area (Å²) in [6.45, 7) is 1.30. The maximum Gasteiger partial charge on any atom is 0.324 e. The third-order valence-corrected chi connectivity index (χ3v) is 4.68. The molecule has 1 aromatic carbocycles. The summed E-state index contributed by atoms with van der Waals surface area (Å²) in [6.07, 6.45) is 2.92. The molecule has 126 valence electrons. The Morgan fingerprint density at radius 3 is 2.54 bits per heavy atom. The van der Waals surface area contributed by atoms with E-state index in [1.165, 1.54) is 21.1 Å². The summed E-state index contributed by atoms with van der Waals surface area (Å²) in [7, 11) is 2.62. The predicted molar refractivity (Wildman–Crippen MR) is 83.3 cm³/mol. The zero-order valence-corrected chi connectivity index (χ0v) is 13.7. The zero-order valence-electron chi connectivity index (χ0n) is 13.7. The summed E-state index contributed by atoms with van der Waals surface area (Å²) in [6, 6.07) is 5.48. The van der Waals surface area contributed by atoms with E-state index < -0.39 is 35.3 Å². The first kappa shape index (κ1) is 16.2. The fraction of sp³-hybridized carbons (Fsp3) is 0.389. The van der Waals surface area contributed by atoms with E-state index >= 15 is 0 Å². The third kappa shape index (κ3) is 2.13. The second-order valence-electron chi connectivity index (χ2n) is 5.90. The summed E-state index contributed by atoms with van der Waals surface area (Å²) < 4.78 is 15.3. The van der Waals surface area contributed by atoms with Gasteiger partial charge in [-0.25, -0.2) is 0 Å². The largest absolute Gasteiger partial charge is 0.468 e. The van der Waals surface area contributed by atoms with Crippen LogP contribution in [-0.2, 0) is 40.4 Å². The van der Waals surface area contributed by atoms with Gasteiger partial charge >= 0.3 is 17.9 Å². The lowest BCUT2D eigenvalue weighted by Gasteiger charge is -2.35. The summed E-state index contributed by atoms with van der Waals surface area (Å²) in [5.41, 5.74) is 1.00. The van der Waals surface area contributed by atoms with Crippen LogP contribution in [0, 0.1) is 0 Å². The minimum absolute atomic E-state index is 0.385. The molecule has 0 radical (unpaired) electrons. The van der Waals surface area contributed by atoms with Gasteiger partial charge in [-0.15, -0.1) is 0 Å². The highest BCUT2D eigenvalue weighted by molar-refractivity contribution is 5.93. The molecule has 6 heteroatoms. The van der Waals surface area contributed by atoms with Crippen molar-refractivity contribution in [1.82, 2.24) is 0 Å². The molecule has 2 aliphatic carbocycles. The van der Waals surface area contributed by atoms with Crippen molar-refractivity contribution in [1.29, 1.82) is 0 Å². The summed E-state index contributed by atoms with van der Waals surface area (Å²) in [4.78, 5) is 36.3. The van der Waals surface area contributed by atoms with Crippen LogP contribution in [0.1, 0.15) is 29.5 Å². The molecule has 0 saturated carbocycles. The molecule has 3 atom stereocenters. The molecular formula is C18H18O6. The SMILES string of the molecule is COC(=O)[C@@H]1C=C[C@@]2(C(=O)OC)c3c(cccc31)C[C@H]2OC(C)=O. The van der Waals surface area contributed by atoms with Gasteiger partial charge < -0.3 is 14.2 Å². The summed E-state index contributed by atoms with van der Waals surface area (Å²) >= 11 is 0. The third-order valence-electron chi connectivity index (χ3n) is 4.68. The number of ether oxygens (including phenoxy) is 3. The van der Waals surface area contributed by atoms with Crippen LogP contribution in [0.15, 0.2) is 30.4 Å². The van der Waals surface area contributed by atoms with Crippen LogP contribution in [0.3, 0.4) is 0 Å². The lowest BCUT2D eigenvalue weighted by atomic mass is 9.71. The molecule has 2 aliphatic rings. The Labute approximate surface area is 139 Å². The Bertz CT molecular complexity index is 750. The molecule has 0 amide bonds. The molecule has 6 nitrogen and oxygen atoms in total. The van der Waals surface area contributed by atoms with Crippen LogP contribution in [0.25, 0.3) is 0 Å². The average Bonchev–Trinajstić information content (AvgIpc) is 2.89. The quantitative estimate of drug-likeness (QED) is 0.474. The number of methoxy groups -OCH3 is 2. The number of hydrogen-bond donors (Lipinski definition) is 0. The van der Waals surface area contributed by atoms with E-state index in [0.717, 1.165) is 5.56 Å². The predicted octanol–water partition coefficient (Wildman–Crippen LogP) is 1.41. The molecular weight excluding hydrogens is 312 g/mol. The Morgan fingerprint density at radius 2 is 1.92 bits per heavy atom. The second-order valence-corrected chi connectivity index (χ2v) is 5.90. The van der Waals surface area contributed by atoms with Crippen molar-refractivity contribution >= 4 is 17.9 Å². The van der Waals surface area contributed by atoms with Crippen molar-refractivity contribution in [3.63, 3.8) is 0 Å². The highest BCUT2D eigenvalue weighted by atomic mass is 16.6. The number of rotatable bonds is 3. The monoisotopic (exact) mass is 330 g/mol. The van der Waals surface area contributed by atoms with E-state index in [0.29, 0.717) is 17.5 Å². The van der Waals surface area contributed by atoms with Crippen LogP contribution in [0.5, 0.6) is 0 Å². The van der Waals surface area contributed by atoms with Gasteiger partial charge in [-0.1, -0.05) is 30.4 Å². The molecule has 0 N–H and O–H groups in total. The number of benzene rings is 1. The van der Waals surface area contributed by atoms with E-state index in [2.05, 4.69) is 0 Å². The summed E-state index contributed by atoms with van der Waals surface area (Å²) in [5.74, 6) is -1.99. The molecule has 3 rings (SSSR count). The molecule has 0 aliphatic heterocycles. The van der Waals surface area contributed by atoms with Crippen LogP contribution in [0.4, 0.5) is 0 Å². The van der Waals surface area contributed by atoms with Crippen molar-refractivity contribution < 1.29 is 28.6 Å². The Hall–Kier alpha value is -2.63. The molecule has 24 heavy (non-hydrogen) atoms. The van der Waals surface area contributed by atoms with Gasteiger partial charge in [0.2, 0.25) is 0 Å². The fourth-order valence-corrected chi connectivity index (χ4v) is 3.76. The van der Waals surface area contributed by atoms with Gasteiger partial charge in [0, 0.05) is 13.3 Å². The van der Waals surface area contributed by atoms with Gasteiger partial charge in [-0.2, -0.15) is 0 Å². The van der Waals surface area contributed by atoms with Crippen molar-refractivity contribution in [2.24, 2.45) is 0 Å². The molecule has 0 unspecified atom stereocenters. The van der Waals surface area contributed by atoms with Crippen LogP contribution in [-0.4, -0.2) is 38.2 Å². The first-order valence-electron chi connectivity index (χ1n) is 7.60. The number of carbonyl (C=O) groups is 3. The standard InChI is InChI=1S/C18H18O6/c1-10(19)24-14-9-11-5-4-6-12-13(16(20)22-2)7-8-18(14,15(11)12)17(21)23-3/h4-8,13-14H,9H2,1-3H3/t13-,14-,18+/m1/s1. The number of esters is 3. The van der Waals surface area contributed by atoms with Crippen molar-refractivity contribution in [2.45, 2.75) is 30.8 Å². The first-order valence-corrected chi connectivity index (χ1v) is 7.60. The fourth-order valence-electron chi connectivity index (χ4n) is 3.76. The van der Waals surface area contributed by atoms with Crippen LogP contribution >= 0.6 is 0 Å². The number of hydrogen-bond acceptors (Lipinski definition) is 6. The van der Waals surface area contributed by atoms with Gasteiger partial charge in [-0.05, 0) is 16.7 Å². The molecule has 0 saturated heterocycles. The minimum atomic E-state index is -1.23.